The molecule has 1 amide bonds. The Bertz CT molecular complexity index is 713. The quantitative estimate of drug-likeness (QED) is 0.814. The summed E-state index contributed by atoms with van der Waals surface area (Å²) in [6.07, 6.45) is 0. The Balaban J connectivity index is 1.90. The fourth-order valence-electron chi connectivity index (χ4n) is 2.68. The van der Waals surface area contributed by atoms with E-state index in [1.807, 2.05) is 23.1 Å². The maximum absolute atomic E-state index is 12.9. The predicted molar refractivity (Wildman–Crippen MR) is 97.2 cm³/mol. The van der Waals surface area contributed by atoms with Crippen molar-refractivity contribution in [3.05, 3.63) is 58.6 Å². The fourth-order valence-corrected chi connectivity index (χ4v) is 4.05. The average molecular weight is 364 g/mol. The third-order valence-corrected chi connectivity index (χ3v) is 5.41. The molecule has 0 saturated carbocycles. The Morgan fingerprint density at radius 1 is 1.12 bits per heavy atom. The lowest BCUT2D eigenvalue weighted by Crippen LogP contribution is -2.30. The number of rotatable bonds is 4. The Hall–Kier alpha value is -1.85. The Morgan fingerprint density at radius 3 is 2.33 bits per heavy atom. The molecule has 1 unspecified atom stereocenters. The molecule has 1 fully saturated rings. The molecule has 6 heteroatoms. The summed E-state index contributed by atoms with van der Waals surface area (Å²) in [5.41, 5.74) is 1.64. The van der Waals surface area contributed by atoms with E-state index in [0.29, 0.717) is 17.1 Å². The highest BCUT2D eigenvalue weighted by Crippen LogP contribution is 2.41. The molecule has 126 valence electrons. The van der Waals surface area contributed by atoms with Gasteiger partial charge in [0.15, 0.2) is 0 Å². The Morgan fingerprint density at radius 2 is 1.75 bits per heavy atom. The van der Waals surface area contributed by atoms with Crippen molar-refractivity contribution in [2.75, 3.05) is 26.5 Å². The van der Waals surface area contributed by atoms with Gasteiger partial charge in [-0.2, -0.15) is 0 Å². The van der Waals surface area contributed by atoms with Gasteiger partial charge < -0.3 is 14.4 Å². The van der Waals surface area contributed by atoms with Crippen molar-refractivity contribution in [2.24, 2.45) is 0 Å². The third kappa shape index (κ3) is 3.47. The van der Waals surface area contributed by atoms with Crippen LogP contribution < -0.4 is 9.47 Å². The first-order valence-corrected chi connectivity index (χ1v) is 8.96. The molecule has 2 aromatic rings. The van der Waals surface area contributed by atoms with Crippen molar-refractivity contribution >= 4 is 29.3 Å². The van der Waals surface area contributed by atoms with Gasteiger partial charge in [0.2, 0.25) is 0 Å². The van der Waals surface area contributed by atoms with Crippen LogP contribution in [0.15, 0.2) is 42.5 Å². The topological polar surface area (TPSA) is 38.8 Å². The van der Waals surface area contributed by atoms with Crippen LogP contribution in [-0.2, 0) is 0 Å². The van der Waals surface area contributed by atoms with E-state index in [1.54, 1.807) is 50.2 Å². The molecule has 1 aliphatic heterocycles. The highest BCUT2D eigenvalue weighted by molar-refractivity contribution is 7.99. The number of hydrogen-bond acceptors (Lipinski definition) is 4. The standard InChI is InChI=1S/C18H18ClNO3S/c1-22-15-9-13(10-16(11-15)23-2)18-20(7-8-24-18)17(21)12-3-5-14(19)6-4-12/h3-6,9-11,18H,7-8H2,1-2H3. The highest BCUT2D eigenvalue weighted by atomic mass is 35.5. The van der Waals surface area contributed by atoms with E-state index in [0.717, 1.165) is 22.8 Å². The molecule has 1 heterocycles. The van der Waals surface area contributed by atoms with Gasteiger partial charge in [0.05, 0.1) is 14.2 Å². The molecular formula is C18H18ClNO3S. The van der Waals surface area contributed by atoms with E-state index in [1.165, 1.54) is 0 Å². The van der Waals surface area contributed by atoms with Gasteiger partial charge >= 0.3 is 0 Å². The second kappa shape index (κ2) is 7.36. The Labute approximate surface area is 150 Å². The van der Waals surface area contributed by atoms with Gasteiger partial charge in [0.1, 0.15) is 16.9 Å². The minimum Gasteiger partial charge on any atom is -0.497 e. The SMILES string of the molecule is COc1cc(OC)cc(C2SCCN2C(=O)c2ccc(Cl)cc2)c1. The first-order chi connectivity index (χ1) is 11.6. The smallest absolute Gasteiger partial charge is 0.255 e. The third-order valence-electron chi connectivity index (χ3n) is 3.90. The van der Waals surface area contributed by atoms with Crippen LogP contribution in [0.5, 0.6) is 11.5 Å². The lowest BCUT2D eigenvalue weighted by molar-refractivity contribution is 0.0760. The number of amides is 1. The molecule has 24 heavy (non-hydrogen) atoms. The van der Waals surface area contributed by atoms with Gasteiger partial charge in [-0.05, 0) is 42.0 Å². The molecule has 0 aliphatic carbocycles. The largest absolute Gasteiger partial charge is 0.497 e. The molecule has 2 aromatic carbocycles. The summed E-state index contributed by atoms with van der Waals surface area (Å²) in [7, 11) is 3.24. The fraction of sp³-hybridized carbons (Fsp3) is 0.278. The van der Waals surface area contributed by atoms with Crippen molar-refractivity contribution < 1.29 is 14.3 Å². The summed E-state index contributed by atoms with van der Waals surface area (Å²) >= 11 is 7.65. The molecule has 1 aliphatic rings. The summed E-state index contributed by atoms with van der Waals surface area (Å²) < 4.78 is 10.7. The number of carbonyl (C=O) groups excluding carboxylic acids is 1. The van der Waals surface area contributed by atoms with Crippen LogP contribution >= 0.6 is 23.4 Å². The zero-order valence-electron chi connectivity index (χ0n) is 13.5. The first-order valence-electron chi connectivity index (χ1n) is 7.53. The predicted octanol–water partition coefficient (Wildman–Crippen LogP) is 4.25. The molecule has 4 nitrogen and oxygen atoms in total. The number of hydrogen-bond donors (Lipinski definition) is 0. The van der Waals surface area contributed by atoms with Crippen LogP contribution in [0.3, 0.4) is 0 Å². The van der Waals surface area contributed by atoms with Crippen molar-refractivity contribution in [3.8, 4) is 11.5 Å². The van der Waals surface area contributed by atoms with Crippen molar-refractivity contribution in [2.45, 2.75) is 5.37 Å². The maximum Gasteiger partial charge on any atom is 0.255 e. The van der Waals surface area contributed by atoms with E-state index >= 15 is 0 Å². The molecular weight excluding hydrogens is 346 g/mol. The van der Waals surface area contributed by atoms with Crippen molar-refractivity contribution in [1.82, 2.24) is 4.90 Å². The summed E-state index contributed by atoms with van der Waals surface area (Å²) in [6, 6.07) is 12.7. The molecule has 0 spiro atoms. The lowest BCUT2D eigenvalue weighted by atomic mass is 10.1. The number of benzene rings is 2. The Kier molecular flexibility index (Phi) is 5.21. The molecule has 1 saturated heterocycles. The molecule has 3 rings (SSSR count). The van der Waals surface area contributed by atoms with Crippen LogP contribution in [-0.4, -0.2) is 37.3 Å². The van der Waals surface area contributed by atoms with E-state index in [-0.39, 0.29) is 11.3 Å². The zero-order chi connectivity index (χ0) is 17.1. The average Bonchev–Trinajstić information content (AvgIpc) is 3.11. The number of ether oxygens (including phenoxy) is 2. The number of halogens is 1. The molecule has 0 bridgehead atoms. The normalized spacial score (nSPS) is 17.0. The van der Waals surface area contributed by atoms with Crippen LogP contribution in [0.1, 0.15) is 21.3 Å². The second-order valence-electron chi connectivity index (χ2n) is 5.37. The van der Waals surface area contributed by atoms with Crippen LogP contribution in [0.2, 0.25) is 5.02 Å². The van der Waals surface area contributed by atoms with Gasteiger partial charge in [-0.3, -0.25) is 4.79 Å². The van der Waals surface area contributed by atoms with Crippen molar-refractivity contribution in [3.63, 3.8) is 0 Å². The van der Waals surface area contributed by atoms with Crippen LogP contribution in [0.25, 0.3) is 0 Å². The summed E-state index contributed by atoms with van der Waals surface area (Å²) in [5, 5.41) is 0.564. The van der Waals surface area contributed by atoms with E-state index in [9.17, 15) is 4.79 Å². The number of nitrogens with zero attached hydrogens (tertiary/aromatic N) is 1. The van der Waals surface area contributed by atoms with Crippen LogP contribution in [0, 0.1) is 0 Å². The van der Waals surface area contributed by atoms with E-state index in [4.69, 9.17) is 21.1 Å². The van der Waals surface area contributed by atoms with Gasteiger partial charge in [0, 0.05) is 29.0 Å². The number of methoxy groups -OCH3 is 2. The number of carbonyl (C=O) groups is 1. The minimum absolute atomic E-state index is 0.00320. The van der Waals surface area contributed by atoms with Gasteiger partial charge in [0.25, 0.3) is 5.91 Å². The summed E-state index contributed by atoms with van der Waals surface area (Å²) in [5.74, 6) is 2.33. The molecule has 0 aromatic heterocycles. The van der Waals surface area contributed by atoms with Crippen LogP contribution in [0.4, 0.5) is 0 Å². The van der Waals surface area contributed by atoms with E-state index < -0.39 is 0 Å². The minimum atomic E-state index is -0.0582. The zero-order valence-corrected chi connectivity index (χ0v) is 15.1. The molecule has 1 atom stereocenters. The lowest BCUT2D eigenvalue weighted by Gasteiger charge is -2.25. The number of thioether (sulfide) groups is 1. The summed E-state index contributed by atoms with van der Waals surface area (Å²) in [6.45, 7) is 0.705. The monoisotopic (exact) mass is 363 g/mol. The molecule has 0 radical (unpaired) electrons. The summed E-state index contributed by atoms with van der Waals surface area (Å²) in [4.78, 5) is 14.7. The van der Waals surface area contributed by atoms with Crippen molar-refractivity contribution in [1.29, 1.82) is 0 Å². The van der Waals surface area contributed by atoms with Gasteiger partial charge in [-0.15, -0.1) is 11.8 Å². The maximum atomic E-state index is 12.9. The van der Waals surface area contributed by atoms with E-state index in [2.05, 4.69) is 0 Å². The first kappa shape index (κ1) is 17.0. The molecule has 0 N–H and O–H groups in total. The van der Waals surface area contributed by atoms with Gasteiger partial charge in [-0.1, -0.05) is 11.6 Å². The second-order valence-corrected chi connectivity index (χ2v) is 7.00. The van der Waals surface area contributed by atoms with Gasteiger partial charge in [-0.25, -0.2) is 0 Å². The highest BCUT2D eigenvalue weighted by Gasteiger charge is 2.31.